The van der Waals surface area contributed by atoms with Gasteiger partial charge in [0.05, 0.1) is 16.1 Å². The number of anilines is 2. The first-order chi connectivity index (χ1) is 21.3. The minimum Gasteiger partial charge on any atom is -0.398 e. The van der Waals surface area contributed by atoms with Crippen LogP contribution in [0.2, 0.25) is 10.0 Å². The van der Waals surface area contributed by atoms with Gasteiger partial charge in [-0.2, -0.15) is 13.2 Å². The Bertz CT molecular complexity index is 1950. The van der Waals surface area contributed by atoms with Gasteiger partial charge in [0, 0.05) is 38.0 Å². The summed E-state index contributed by atoms with van der Waals surface area (Å²) in [6.45, 7) is 0. The summed E-state index contributed by atoms with van der Waals surface area (Å²) in [6, 6.07) is 29.3. The van der Waals surface area contributed by atoms with Crippen molar-refractivity contribution >= 4 is 56.2 Å². The SMILES string of the molecule is Nc1cc(Cl)ccc1C(=O)c1ccccc1.O=C(c1ccccc1)c1ccc(Cl)cc1NS(=O)(=O)c1cccc(C(F)(F)F)c1. The maximum absolute atomic E-state index is 12.9. The average Bonchev–Trinajstić information content (AvgIpc) is 3.01. The van der Waals surface area contributed by atoms with Crippen LogP contribution in [-0.4, -0.2) is 20.0 Å². The number of hydrogen-bond acceptors (Lipinski definition) is 5. The monoisotopic (exact) mass is 670 g/mol. The molecule has 0 atom stereocenters. The maximum atomic E-state index is 12.9. The highest BCUT2D eigenvalue weighted by Gasteiger charge is 2.32. The maximum Gasteiger partial charge on any atom is 0.416 e. The van der Waals surface area contributed by atoms with E-state index in [0.717, 1.165) is 18.2 Å². The molecule has 0 radical (unpaired) electrons. The van der Waals surface area contributed by atoms with E-state index < -0.39 is 32.4 Å². The van der Waals surface area contributed by atoms with E-state index in [9.17, 15) is 31.2 Å². The minimum atomic E-state index is -4.70. The van der Waals surface area contributed by atoms with Crippen molar-refractivity contribution in [3.63, 3.8) is 0 Å². The van der Waals surface area contributed by atoms with Gasteiger partial charge in [-0.3, -0.25) is 14.3 Å². The smallest absolute Gasteiger partial charge is 0.398 e. The van der Waals surface area contributed by atoms with Gasteiger partial charge in [-0.1, -0.05) is 89.9 Å². The molecule has 6 nitrogen and oxygen atoms in total. The van der Waals surface area contributed by atoms with Gasteiger partial charge in [0.15, 0.2) is 11.6 Å². The summed E-state index contributed by atoms with van der Waals surface area (Å²) in [7, 11) is -4.41. The van der Waals surface area contributed by atoms with Crippen LogP contribution in [0.5, 0.6) is 0 Å². The second-order valence-electron chi connectivity index (χ2n) is 9.44. The zero-order valence-electron chi connectivity index (χ0n) is 23.1. The van der Waals surface area contributed by atoms with Crippen LogP contribution in [0.4, 0.5) is 24.5 Å². The number of halogens is 5. The van der Waals surface area contributed by atoms with Crippen LogP contribution in [0.3, 0.4) is 0 Å². The molecule has 12 heteroatoms. The molecule has 0 aliphatic heterocycles. The molecular formula is C33H23Cl2F3N2O4S. The lowest BCUT2D eigenvalue weighted by Gasteiger charge is -2.14. The normalized spacial score (nSPS) is 11.2. The summed E-state index contributed by atoms with van der Waals surface area (Å²) < 4.78 is 66.3. The molecule has 0 saturated carbocycles. The molecule has 45 heavy (non-hydrogen) atoms. The molecule has 5 rings (SSSR count). The van der Waals surface area contributed by atoms with Crippen molar-refractivity contribution in [3.8, 4) is 0 Å². The highest BCUT2D eigenvalue weighted by molar-refractivity contribution is 7.92. The summed E-state index contributed by atoms with van der Waals surface area (Å²) >= 11 is 11.7. The Kier molecular flexibility index (Phi) is 10.3. The molecule has 0 aliphatic carbocycles. The van der Waals surface area contributed by atoms with Crippen molar-refractivity contribution < 1.29 is 31.2 Å². The number of sulfonamides is 1. The molecule has 0 unspecified atom stereocenters. The van der Waals surface area contributed by atoms with Crippen LogP contribution >= 0.6 is 23.2 Å². The van der Waals surface area contributed by atoms with Crippen LogP contribution in [0.15, 0.2) is 126 Å². The van der Waals surface area contributed by atoms with E-state index in [2.05, 4.69) is 4.72 Å². The standard InChI is InChI=1S/C20H13ClF3NO3S.C13H10ClNO/c21-15-9-10-17(19(26)13-5-2-1-3-6-13)18(12-15)25-29(27,28)16-8-4-7-14(11-16)20(22,23)24;14-10-6-7-11(12(15)8-10)13(16)9-4-2-1-3-5-9/h1-12,25H;1-8H,15H2. The molecule has 0 saturated heterocycles. The molecule has 3 N–H and O–H groups in total. The van der Waals surface area contributed by atoms with Crippen molar-refractivity contribution in [1.29, 1.82) is 0 Å². The summed E-state index contributed by atoms with van der Waals surface area (Å²) in [5.41, 5.74) is 6.35. The number of nitrogen functional groups attached to an aromatic ring is 1. The fourth-order valence-electron chi connectivity index (χ4n) is 4.07. The fourth-order valence-corrected chi connectivity index (χ4v) is 5.54. The van der Waals surface area contributed by atoms with Gasteiger partial charge < -0.3 is 5.73 Å². The molecule has 230 valence electrons. The number of rotatable bonds is 7. The molecule has 0 bridgehead atoms. The fraction of sp³-hybridized carbons (Fsp3) is 0.0303. The Morgan fingerprint density at radius 2 is 1.16 bits per heavy atom. The lowest BCUT2D eigenvalue weighted by Crippen LogP contribution is -2.17. The van der Waals surface area contributed by atoms with E-state index in [1.54, 1.807) is 60.7 Å². The Hall–Kier alpha value is -4.64. The minimum absolute atomic E-state index is 0.0103. The topological polar surface area (TPSA) is 106 Å². The summed E-state index contributed by atoms with van der Waals surface area (Å²) in [5, 5.41) is 0.679. The number of carbonyl (C=O) groups excluding carboxylic acids is 2. The molecule has 0 spiro atoms. The highest BCUT2D eigenvalue weighted by atomic mass is 35.5. The largest absolute Gasteiger partial charge is 0.416 e. The van der Waals surface area contributed by atoms with Gasteiger partial charge in [0.1, 0.15) is 0 Å². The van der Waals surface area contributed by atoms with Crippen LogP contribution in [0.25, 0.3) is 0 Å². The summed E-state index contributed by atoms with van der Waals surface area (Å²) in [6.07, 6.45) is -4.70. The van der Waals surface area contributed by atoms with E-state index in [4.69, 9.17) is 28.9 Å². The van der Waals surface area contributed by atoms with Crippen molar-refractivity contribution in [2.75, 3.05) is 10.5 Å². The second-order valence-corrected chi connectivity index (χ2v) is 12.0. The summed E-state index contributed by atoms with van der Waals surface area (Å²) in [5.74, 6) is -0.557. The molecule has 0 heterocycles. The quantitative estimate of drug-likeness (QED) is 0.133. The number of nitrogens with two attached hydrogens (primary N) is 1. The van der Waals surface area contributed by atoms with E-state index in [-0.39, 0.29) is 22.1 Å². The van der Waals surface area contributed by atoms with Gasteiger partial charge in [0.25, 0.3) is 10.0 Å². The predicted octanol–water partition coefficient (Wildman–Crippen LogP) is 8.54. The zero-order chi connectivity index (χ0) is 32.8. The first-order valence-electron chi connectivity index (χ1n) is 13.0. The van der Waals surface area contributed by atoms with Gasteiger partial charge in [-0.15, -0.1) is 0 Å². The molecule has 5 aromatic carbocycles. The number of nitrogens with one attached hydrogen (secondary N) is 1. The second kappa shape index (κ2) is 14.0. The lowest BCUT2D eigenvalue weighted by atomic mass is 10.0. The van der Waals surface area contributed by atoms with E-state index in [1.807, 2.05) is 18.2 Å². The first kappa shape index (κ1) is 33.3. The Morgan fingerprint density at radius 3 is 1.69 bits per heavy atom. The molecule has 0 amide bonds. The van der Waals surface area contributed by atoms with E-state index in [1.165, 1.54) is 18.2 Å². The lowest BCUT2D eigenvalue weighted by molar-refractivity contribution is -0.137. The van der Waals surface area contributed by atoms with Gasteiger partial charge in [-0.05, 0) is 54.6 Å². The molecule has 0 aliphatic rings. The van der Waals surface area contributed by atoms with Crippen LogP contribution in [0.1, 0.15) is 37.4 Å². The molecule has 5 aromatic rings. The Labute approximate surface area is 267 Å². The van der Waals surface area contributed by atoms with Crippen LogP contribution in [0, 0.1) is 0 Å². The third kappa shape index (κ3) is 8.51. The Balaban J connectivity index is 0.000000242. The van der Waals surface area contributed by atoms with Gasteiger partial charge in [0.2, 0.25) is 0 Å². The highest BCUT2D eigenvalue weighted by Crippen LogP contribution is 2.32. The third-order valence-electron chi connectivity index (χ3n) is 6.27. The van der Waals surface area contributed by atoms with Gasteiger partial charge >= 0.3 is 6.18 Å². The number of alkyl halides is 3. The van der Waals surface area contributed by atoms with Crippen molar-refractivity contribution in [3.05, 3.63) is 159 Å². The first-order valence-corrected chi connectivity index (χ1v) is 15.2. The predicted molar refractivity (Wildman–Crippen MR) is 169 cm³/mol. The Morgan fingerprint density at radius 1 is 0.644 bits per heavy atom. The van der Waals surface area contributed by atoms with Crippen LogP contribution in [-0.2, 0) is 16.2 Å². The van der Waals surface area contributed by atoms with Crippen molar-refractivity contribution in [1.82, 2.24) is 0 Å². The average molecular weight is 672 g/mol. The number of ketones is 2. The van der Waals surface area contributed by atoms with Crippen molar-refractivity contribution in [2.45, 2.75) is 11.1 Å². The number of hydrogen-bond donors (Lipinski definition) is 2. The third-order valence-corrected chi connectivity index (χ3v) is 8.11. The van der Waals surface area contributed by atoms with Crippen LogP contribution < -0.4 is 10.5 Å². The van der Waals surface area contributed by atoms with E-state index >= 15 is 0 Å². The number of benzene rings is 5. The zero-order valence-corrected chi connectivity index (χ0v) is 25.4. The molecular weight excluding hydrogens is 648 g/mol. The molecule has 0 aromatic heterocycles. The van der Waals surface area contributed by atoms with Crippen molar-refractivity contribution in [2.24, 2.45) is 0 Å². The summed E-state index contributed by atoms with van der Waals surface area (Å²) in [4.78, 5) is 24.2. The number of carbonyl (C=O) groups is 2. The molecule has 0 fully saturated rings. The van der Waals surface area contributed by atoms with Gasteiger partial charge in [-0.25, -0.2) is 8.42 Å². The van der Waals surface area contributed by atoms with E-state index in [0.29, 0.717) is 33.5 Å².